The maximum Gasteiger partial charge on any atom is 0.261 e. The van der Waals surface area contributed by atoms with E-state index in [1.54, 1.807) is 36.2 Å². The third-order valence-corrected chi connectivity index (χ3v) is 6.60. The summed E-state index contributed by atoms with van der Waals surface area (Å²) < 4.78 is 0. The largest absolute Gasteiger partial charge is 0.357 e. The number of amides is 4. The van der Waals surface area contributed by atoms with E-state index in [1.807, 2.05) is 61.5 Å². The van der Waals surface area contributed by atoms with Crippen LogP contribution in [0.3, 0.4) is 0 Å². The zero-order valence-electron chi connectivity index (χ0n) is 21.1. The van der Waals surface area contributed by atoms with E-state index in [1.165, 1.54) is 4.90 Å². The Morgan fingerprint density at radius 3 is 2.11 bits per heavy atom. The third-order valence-electron chi connectivity index (χ3n) is 6.60. The molecule has 0 aromatic heterocycles. The Balaban J connectivity index is 1.51. The van der Waals surface area contributed by atoms with Crippen molar-refractivity contribution in [2.24, 2.45) is 0 Å². The minimum absolute atomic E-state index is 0.0987. The highest BCUT2D eigenvalue weighted by Crippen LogP contribution is 2.23. The molecule has 7 nitrogen and oxygen atoms in total. The van der Waals surface area contributed by atoms with Gasteiger partial charge in [-0.2, -0.15) is 0 Å². The molecule has 3 aromatic rings. The zero-order chi connectivity index (χ0) is 26.4. The molecule has 0 radical (unpaired) electrons. The quantitative estimate of drug-likeness (QED) is 0.432. The molecule has 4 rings (SSSR count). The average molecular weight is 498 g/mol. The molecular weight excluding hydrogens is 466 g/mol. The molecule has 0 saturated heterocycles. The van der Waals surface area contributed by atoms with E-state index in [9.17, 15) is 19.2 Å². The number of rotatable bonds is 10. The number of imide groups is 1. The second kappa shape index (κ2) is 11.6. The van der Waals surface area contributed by atoms with Gasteiger partial charge in [0.25, 0.3) is 11.8 Å². The summed E-state index contributed by atoms with van der Waals surface area (Å²) >= 11 is 0. The van der Waals surface area contributed by atoms with Crippen LogP contribution in [-0.2, 0) is 22.6 Å². The van der Waals surface area contributed by atoms with Crippen molar-refractivity contribution >= 4 is 23.6 Å². The van der Waals surface area contributed by atoms with Gasteiger partial charge in [-0.05, 0) is 36.6 Å². The number of carbonyl (C=O) groups excluding carboxylic acids is 4. The van der Waals surface area contributed by atoms with Crippen LogP contribution in [0.15, 0.2) is 78.9 Å². The summed E-state index contributed by atoms with van der Waals surface area (Å²) in [7, 11) is 1.57. The van der Waals surface area contributed by atoms with Crippen molar-refractivity contribution in [3.63, 3.8) is 0 Å². The standard InChI is InChI=1S/C30H31N3O4/c1-21-10-8-13-23(18-21)20-33(26(28(35)31-2)19-22-11-4-3-5-12-22)27(34)16-9-17-32-29(36)24-14-6-7-15-25(24)30(32)37/h3-8,10-15,18,26H,9,16-17,19-20H2,1-2H3,(H,31,35). The van der Waals surface area contributed by atoms with Gasteiger partial charge in [0.05, 0.1) is 11.1 Å². The lowest BCUT2D eigenvalue weighted by Gasteiger charge is -2.31. The van der Waals surface area contributed by atoms with Gasteiger partial charge in [-0.25, -0.2) is 0 Å². The fourth-order valence-electron chi connectivity index (χ4n) is 4.70. The van der Waals surface area contributed by atoms with E-state index in [0.717, 1.165) is 16.7 Å². The lowest BCUT2D eigenvalue weighted by Crippen LogP contribution is -2.49. The number of likely N-dealkylation sites (N-methyl/N-ethyl adjacent to an activating group) is 1. The van der Waals surface area contributed by atoms with Crippen LogP contribution in [0.1, 0.15) is 50.2 Å². The van der Waals surface area contributed by atoms with E-state index < -0.39 is 6.04 Å². The molecule has 0 fully saturated rings. The molecule has 0 saturated carbocycles. The van der Waals surface area contributed by atoms with E-state index in [-0.39, 0.29) is 43.1 Å². The maximum absolute atomic E-state index is 13.6. The maximum atomic E-state index is 13.6. The molecule has 4 amide bonds. The lowest BCUT2D eigenvalue weighted by molar-refractivity contribution is -0.141. The summed E-state index contributed by atoms with van der Waals surface area (Å²) in [5.74, 6) is -1.12. The lowest BCUT2D eigenvalue weighted by atomic mass is 10.0. The molecule has 37 heavy (non-hydrogen) atoms. The van der Waals surface area contributed by atoms with Crippen molar-refractivity contribution in [2.45, 2.75) is 38.8 Å². The van der Waals surface area contributed by atoms with Crippen LogP contribution in [-0.4, -0.2) is 53.1 Å². The third kappa shape index (κ3) is 5.94. The number of hydrogen-bond donors (Lipinski definition) is 1. The van der Waals surface area contributed by atoms with Crippen molar-refractivity contribution in [3.8, 4) is 0 Å². The predicted octanol–water partition coefficient (Wildman–Crippen LogP) is 3.76. The summed E-state index contributed by atoms with van der Waals surface area (Å²) in [6.07, 6.45) is 0.776. The van der Waals surface area contributed by atoms with Gasteiger partial charge in [-0.3, -0.25) is 24.1 Å². The average Bonchev–Trinajstić information content (AvgIpc) is 3.15. The Morgan fingerprint density at radius 2 is 1.49 bits per heavy atom. The number of carbonyl (C=O) groups is 4. The van der Waals surface area contributed by atoms with E-state index in [4.69, 9.17) is 0 Å². The smallest absolute Gasteiger partial charge is 0.261 e. The number of fused-ring (bicyclic) bond motifs is 1. The Kier molecular flexibility index (Phi) is 8.13. The van der Waals surface area contributed by atoms with Gasteiger partial charge in [-0.15, -0.1) is 0 Å². The van der Waals surface area contributed by atoms with Gasteiger partial charge >= 0.3 is 0 Å². The van der Waals surface area contributed by atoms with Crippen LogP contribution < -0.4 is 5.32 Å². The Labute approximate surface area is 217 Å². The van der Waals surface area contributed by atoms with Crippen molar-refractivity contribution in [2.75, 3.05) is 13.6 Å². The Hall–Kier alpha value is -4.26. The Morgan fingerprint density at radius 1 is 0.865 bits per heavy atom. The second-order valence-electron chi connectivity index (χ2n) is 9.24. The van der Waals surface area contributed by atoms with Crippen LogP contribution in [0.4, 0.5) is 0 Å². The number of aryl methyl sites for hydroxylation is 1. The predicted molar refractivity (Wildman–Crippen MR) is 141 cm³/mol. The molecule has 3 aromatic carbocycles. The molecule has 1 N–H and O–H groups in total. The van der Waals surface area contributed by atoms with E-state index in [0.29, 0.717) is 24.0 Å². The topological polar surface area (TPSA) is 86.8 Å². The minimum atomic E-state index is -0.709. The summed E-state index contributed by atoms with van der Waals surface area (Å²) in [6, 6.07) is 23.5. The summed E-state index contributed by atoms with van der Waals surface area (Å²) in [5, 5.41) is 2.71. The number of benzene rings is 3. The zero-order valence-corrected chi connectivity index (χ0v) is 21.1. The van der Waals surface area contributed by atoms with Gasteiger partial charge in [0.15, 0.2) is 0 Å². The molecule has 1 aliphatic heterocycles. The van der Waals surface area contributed by atoms with Crippen LogP contribution in [0, 0.1) is 6.92 Å². The van der Waals surface area contributed by atoms with Gasteiger partial charge in [0.1, 0.15) is 6.04 Å². The molecule has 1 atom stereocenters. The van der Waals surface area contributed by atoms with Gasteiger partial charge < -0.3 is 10.2 Å². The fourth-order valence-corrected chi connectivity index (χ4v) is 4.70. The SMILES string of the molecule is CNC(=O)C(Cc1ccccc1)N(Cc1cccc(C)c1)C(=O)CCCN1C(=O)c2ccccc2C1=O. The molecule has 0 aliphatic carbocycles. The number of nitrogens with one attached hydrogen (secondary N) is 1. The first-order valence-corrected chi connectivity index (χ1v) is 12.4. The van der Waals surface area contributed by atoms with Gasteiger partial charge in [0, 0.05) is 33.0 Å². The summed E-state index contributed by atoms with van der Waals surface area (Å²) in [6.45, 7) is 2.40. The normalized spacial score (nSPS) is 13.3. The molecule has 1 aliphatic rings. The summed E-state index contributed by atoms with van der Waals surface area (Å²) in [4.78, 5) is 54.8. The van der Waals surface area contributed by atoms with Gasteiger partial charge in [-0.1, -0.05) is 72.3 Å². The molecule has 0 spiro atoms. The van der Waals surface area contributed by atoms with Crippen molar-refractivity contribution in [1.82, 2.24) is 15.1 Å². The van der Waals surface area contributed by atoms with Crippen LogP contribution >= 0.6 is 0 Å². The first kappa shape index (κ1) is 25.8. The number of nitrogens with zero attached hydrogens (tertiary/aromatic N) is 2. The highest BCUT2D eigenvalue weighted by molar-refractivity contribution is 6.21. The highest BCUT2D eigenvalue weighted by Gasteiger charge is 2.35. The first-order chi connectivity index (χ1) is 17.9. The molecule has 190 valence electrons. The monoisotopic (exact) mass is 497 g/mol. The van der Waals surface area contributed by atoms with Crippen molar-refractivity contribution < 1.29 is 19.2 Å². The van der Waals surface area contributed by atoms with Crippen molar-refractivity contribution in [3.05, 3.63) is 107 Å². The van der Waals surface area contributed by atoms with Crippen LogP contribution in [0.25, 0.3) is 0 Å². The van der Waals surface area contributed by atoms with Crippen molar-refractivity contribution in [1.29, 1.82) is 0 Å². The molecule has 0 bridgehead atoms. The van der Waals surface area contributed by atoms with Crippen LogP contribution in [0.5, 0.6) is 0 Å². The summed E-state index contributed by atoms with van der Waals surface area (Å²) in [5.41, 5.74) is 3.72. The molecule has 1 heterocycles. The Bertz CT molecular complexity index is 1270. The van der Waals surface area contributed by atoms with E-state index in [2.05, 4.69) is 5.32 Å². The van der Waals surface area contributed by atoms with Crippen LogP contribution in [0.2, 0.25) is 0 Å². The van der Waals surface area contributed by atoms with E-state index >= 15 is 0 Å². The first-order valence-electron chi connectivity index (χ1n) is 12.4. The number of hydrogen-bond acceptors (Lipinski definition) is 4. The highest BCUT2D eigenvalue weighted by atomic mass is 16.2. The molecular formula is C30H31N3O4. The fraction of sp³-hybridized carbons (Fsp3) is 0.267. The second-order valence-corrected chi connectivity index (χ2v) is 9.24. The molecule has 1 unspecified atom stereocenters. The minimum Gasteiger partial charge on any atom is -0.357 e. The van der Waals surface area contributed by atoms with Gasteiger partial charge in [0.2, 0.25) is 11.8 Å². The molecule has 7 heteroatoms.